The van der Waals surface area contributed by atoms with E-state index in [9.17, 15) is 14.4 Å². The fourth-order valence-corrected chi connectivity index (χ4v) is 3.85. The number of amides is 2. The zero-order valence-electron chi connectivity index (χ0n) is 14.2. The predicted molar refractivity (Wildman–Crippen MR) is 102 cm³/mol. The Bertz CT molecular complexity index is 1050. The molecule has 2 aromatic carbocycles. The molecule has 142 valence electrons. The summed E-state index contributed by atoms with van der Waals surface area (Å²) in [6, 6.07) is 9.36. The van der Waals surface area contributed by atoms with E-state index in [0.717, 1.165) is 16.7 Å². The van der Waals surface area contributed by atoms with Crippen molar-refractivity contribution in [2.45, 2.75) is 6.54 Å². The third-order valence-electron chi connectivity index (χ3n) is 4.18. The Morgan fingerprint density at radius 1 is 1.21 bits per heavy atom. The van der Waals surface area contributed by atoms with Crippen LogP contribution in [0.2, 0.25) is 5.02 Å². The van der Waals surface area contributed by atoms with Gasteiger partial charge in [-0.15, -0.1) is 0 Å². The van der Waals surface area contributed by atoms with Crippen molar-refractivity contribution in [1.82, 2.24) is 4.90 Å². The fourth-order valence-electron chi connectivity index (χ4n) is 2.80. The summed E-state index contributed by atoms with van der Waals surface area (Å²) in [5.74, 6) is -0.515. The van der Waals surface area contributed by atoms with Crippen LogP contribution < -0.4 is 9.47 Å². The Morgan fingerprint density at radius 2 is 1.96 bits per heavy atom. The molecule has 7 nitrogen and oxygen atoms in total. The van der Waals surface area contributed by atoms with Gasteiger partial charge in [0.2, 0.25) is 6.79 Å². The predicted octanol–water partition coefficient (Wildman–Crippen LogP) is 4.00. The highest BCUT2D eigenvalue weighted by molar-refractivity contribution is 8.18. The van der Waals surface area contributed by atoms with Gasteiger partial charge in [0.05, 0.1) is 17.0 Å². The molecule has 0 unspecified atom stereocenters. The first-order valence-corrected chi connectivity index (χ1v) is 9.28. The lowest BCUT2D eigenvalue weighted by Gasteiger charge is -2.14. The molecule has 2 heterocycles. The average Bonchev–Trinajstić information content (AvgIpc) is 3.21. The monoisotopic (exact) mass is 417 g/mol. The summed E-state index contributed by atoms with van der Waals surface area (Å²) in [5.41, 5.74) is 1.17. The number of imide groups is 1. The van der Waals surface area contributed by atoms with E-state index in [0.29, 0.717) is 27.6 Å². The van der Waals surface area contributed by atoms with Crippen LogP contribution in [0.25, 0.3) is 6.08 Å². The molecular formula is C19H12ClNO6S. The van der Waals surface area contributed by atoms with Crippen LogP contribution in [0, 0.1) is 0 Å². The van der Waals surface area contributed by atoms with Gasteiger partial charge in [-0.3, -0.25) is 14.5 Å². The van der Waals surface area contributed by atoms with Crippen molar-refractivity contribution in [1.29, 1.82) is 0 Å². The van der Waals surface area contributed by atoms with Crippen LogP contribution in [-0.4, -0.2) is 33.9 Å². The third kappa shape index (κ3) is 3.44. The van der Waals surface area contributed by atoms with E-state index in [1.165, 1.54) is 18.2 Å². The second kappa shape index (κ2) is 7.21. The SMILES string of the molecule is O=C(O)c1cccc(/C=C2\SC(=O)N(Cc3cc4c(cc3Cl)OCO4)C2=O)c1. The van der Waals surface area contributed by atoms with Gasteiger partial charge in [0.25, 0.3) is 11.1 Å². The number of hydrogen-bond acceptors (Lipinski definition) is 6. The van der Waals surface area contributed by atoms with Crippen LogP contribution in [0.1, 0.15) is 21.5 Å². The van der Waals surface area contributed by atoms with E-state index in [-0.39, 0.29) is 23.8 Å². The summed E-state index contributed by atoms with van der Waals surface area (Å²) in [6.45, 7) is 0.0848. The average molecular weight is 418 g/mol. The van der Waals surface area contributed by atoms with Crippen LogP contribution >= 0.6 is 23.4 Å². The molecule has 9 heteroatoms. The van der Waals surface area contributed by atoms with Gasteiger partial charge in [-0.25, -0.2) is 4.79 Å². The third-order valence-corrected chi connectivity index (χ3v) is 5.43. The van der Waals surface area contributed by atoms with Gasteiger partial charge >= 0.3 is 5.97 Å². The molecule has 1 fully saturated rings. The highest BCUT2D eigenvalue weighted by atomic mass is 35.5. The van der Waals surface area contributed by atoms with Gasteiger partial charge in [-0.05, 0) is 47.2 Å². The number of ether oxygens (including phenoxy) is 2. The summed E-state index contributed by atoms with van der Waals surface area (Å²) < 4.78 is 10.6. The molecule has 2 aliphatic heterocycles. The molecule has 1 N–H and O–H groups in total. The lowest BCUT2D eigenvalue weighted by Crippen LogP contribution is -2.27. The molecular weight excluding hydrogens is 406 g/mol. The summed E-state index contributed by atoms with van der Waals surface area (Å²) in [5, 5.41) is 9.01. The summed E-state index contributed by atoms with van der Waals surface area (Å²) in [4.78, 5) is 37.4. The molecule has 2 aliphatic rings. The summed E-state index contributed by atoms with van der Waals surface area (Å²) >= 11 is 7.03. The summed E-state index contributed by atoms with van der Waals surface area (Å²) in [7, 11) is 0. The number of hydrogen-bond donors (Lipinski definition) is 1. The van der Waals surface area contributed by atoms with Crippen LogP contribution in [0.4, 0.5) is 4.79 Å². The minimum absolute atomic E-state index is 0.00730. The number of fused-ring (bicyclic) bond motifs is 1. The first-order chi connectivity index (χ1) is 13.4. The number of carbonyl (C=O) groups excluding carboxylic acids is 2. The first kappa shape index (κ1) is 18.4. The van der Waals surface area contributed by atoms with Gasteiger partial charge in [0.1, 0.15) is 0 Å². The molecule has 0 aromatic heterocycles. The van der Waals surface area contributed by atoms with E-state index >= 15 is 0 Å². The van der Waals surface area contributed by atoms with Crippen molar-refractivity contribution in [3.63, 3.8) is 0 Å². The van der Waals surface area contributed by atoms with E-state index in [2.05, 4.69) is 0 Å². The Labute approximate surface area is 168 Å². The number of carboxylic acids is 1. The molecule has 0 bridgehead atoms. The zero-order chi connectivity index (χ0) is 19.8. The Kier molecular flexibility index (Phi) is 4.74. The number of aromatic carboxylic acids is 1. The molecule has 2 aromatic rings. The Morgan fingerprint density at radius 3 is 2.71 bits per heavy atom. The molecule has 4 rings (SSSR count). The van der Waals surface area contributed by atoms with Crippen molar-refractivity contribution in [2.24, 2.45) is 0 Å². The van der Waals surface area contributed by atoms with Crippen LogP contribution in [-0.2, 0) is 11.3 Å². The molecule has 0 radical (unpaired) electrons. The maximum atomic E-state index is 12.7. The van der Waals surface area contributed by atoms with Gasteiger partial charge in [0, 0.05) is 11.1 Å². The number of carbonyl (C=O) groups is 3. The highest BCUT2D eigenvalue weighted by Crippen LogP contribution is 2.39. The quantitative estimate of drug-likeness (QED) is 0.751. The number of carboxylic acid groups (broad SMARTS) is 1. The molecule has 0 saturated carbocycles. The molecule has 0 spiro atoms. The number of rotatable bonds is 4. The van der Waals surface area contributed by atoms with Crippen molar-refractivity contribution >= 4 is 46.6 Å². The van der Waals surface area contributed by atoms with Crippen LogP contribution in [0.15, 0.2) is 41.3 Å². The zero-order valence-corrected chi connectivity index (χ0v) is 15.7. The largest absolute Gasteiger partial charge is 0.478 e. The van der Waals surface area contributed by atoms with Crippen molar-refractivity contribution in [3.05, 3.63) is 63.0 Å². The number of halogens is 1. The highest BCUT2D eigenvalue weighted by Gasteiger charge is 2.35. The number of benzene rings is 2. The van der Waals surface area contributed by atoms with Gasteiger partial charge in [-0.2, -0.15) is 0 Å². The minimum Gasteiger partial charge on any atom is -0.478 e. The van der Waals surface area contributed by atoms with Gasteiger partial charge in [-0.1, -0.05) is 23.7 Å². The van der Waals surface area contributed by atoms with Crippen molar-refractivity contribution in [2.75, 3.05) is 6.79 Å². The summed E-state index contributed by atoms with van der Waals surface area (Å²) in [6.07, 6.45) is 1.50. The number of nitrogens with zero attached hydrogens (tertiary/aromatic N) is 1. The van der Waals surface area contributed by atoms with Gasteiger partial charge < -0.3 is 14.6 Å². The smallest absolute Gasteiger partial charge is 0.335 e. The molecule has 0 atom stereocenters. The Hall–Kier alpha value is -2.97. The second-order valence-electron chi connectivity index (χ2n) is 6.00. The normalized spacial score (nSPS) is 16.9. The molecule has 2 amide bonds. The minimum atomic E-state index is -1.07. The van der Waals surface area contributed by atoms with E-state index in [1.54, 1.807) is 24.3 Å². The lowest BCUT2D eigenvalue weighted by molar-refractivity contribution is -0.123. The van der Waals surface area contributed by atoms with Gasteiger partial charge in [0.15, 0.2) is 11.5 Å². The first-order valence-electron chi connectivity index (χ1n) is 8.09. The second-order valence-corrected chi connectivity index (χ2v) is 7.40. The van der Waals surface area contributed by atoms with Crippen molar-refractivity contribution in [3.8, 4) is 11.5 Å². The molecule has 28 heavy (non-hydrogen) atoms. The maximum absolute atomic E-state index is 12.7. The fraction of sp³-hybridized carbons (Fsp3) is 0.105. The number of thioether (sulfide) groups is 1. The lowest BCUT2D eigenvalue weighted by atomic mass is 10.1. The standard InChI is InChI=1S/C19H12ClNO6S/c20-13-7-15-14(26-9-27-15)6-12(13)8-21-17(22)16(28-19(21)25)5-10-2-1-3-11(4-10)18(23)24/h1-7H,8-9H2,(H,23,24)/b16-5-. The van der Waals surface area contributed by atoms with E-state index in [4.69, 9.17) is 26.2 Å². The molecule has 1 saturated heterocycles. The maximum Gasteiger partial charge on any atom is 0.335 e. The molecule has 0 aliphatic carbocycles. The van der Waals surface area contributed by atoms with Crippen LogP contribution in [0.5, 0.6) is 11.5 Å². The van der Waals surface area contributed by atoms with Crippen molar-refractivity contribution < 1.29 is 29.0 Å². The van der Waals surface area contributed by atoms with E-state index < -0.39 is 17.1 Å². The topological polar surface area (TPSA) is 93.1 Å². The van der Waals surface area contributed by atoms with E-state index in [1.807, 2.05) is 0 Å². The van der Waals surface area contributed by atoms with Crippen LogP contribution in [0.3, 0.4) is 0 Å². The Balaban J connectivity index is 1.58.